The van der Waals surface area contributed by atoms with E-state index in [1.807, 2.05) is 16.7 Å². The number of alkyl halides is 3. The number of carbonyl (C=O) groups is 2. The molecule has 2 N–H and O–H groups in total. The van der Waals surface area contributed by atoms with E-state index in [0.29, 0.717) is 43.4 Å². The molecule has 2 aliphatic rings. The fourth-order valence-corrected chi connectivity index (χ4v) is 6.61. The van der Waals surface area contributed by atoms with Gasteiger partial charge in [-0.25, -0.2) is 19.3 Å². The minimum Gasteiger partial charge on any atom is -0.493 e. The van der Waals surface area contributed by atoms with Gasteiger partial charge in [0.1, 0.15) is 17.1 Å². The minimum absolute atomic E-state index is 0.00225. The van der Waals surface area contributed by atoms with Gasteiger partial charge in [0, 0.05) is 50.0 Å². The lowest BCUT2D eigenvalue weighted by Gasteiger charge is -2.40. The van der Waals surface area contributed by atoms with Crippen LogP contribution in [0.25, 0.3) is 11.3 Å². The van der Waals surface area contributed by atoms with E-state index in [2.05, 4.69) is 31.7 Å². The molecule has 0 unspecified atom stereocenters. The highest BCUT2D eigenvalue weighted by Gasteiger charge is 2.37. The van der Waals surface area contributed by atoms with Crippen molar-refractivity contribution in [2.75, 3.05) is 50.1 Å². The molecule has 0 bridgehead atoms. The van der Waals surface area contributed by atoms with E-state index in [9.17, 15) is 27.2 Å². The standard InChI is InChI=1S/C30H33F4N7O4S/c1-17-5-4-7-40(17)16-23-26(19-11-20(30(32,33)34)27(45-3)21(31)12-19)37-29(46-23)38-28(44)22-13-36-24(14-35-22)41-10-9-39(15-18(41)2)8-6-25(42)43/h11-14,18H,1,4-10,15-16H2,2-3H3,(H,42,43)(H,37,38,44)/t18-/m0/s1. The summed E-state index contributed by atoms with van der Waals surface area (Å²) in [4.78, 5) is 43.8. The Morgan fingerprint density at radius 2 is 1.98 bits per heavy atom. The zero-order chi connectivity index (χ0) is 33.2. The van der Waals surface area contributed by atoms with E-state index in [0.717, 1.165) is 49.1 Å². The average molecular weight is 664 g/mol. The maximum absolute atomic E-state index is 14.9. The van der Waals surface area contributed by atoms with Crippen LogP contribution in [0.15, 0.2) is 36.8 Å². The van der Waals surface area contributed by atoms with Gasteiger partial charge in [0.25, 0.3) is 5.91 Å². The summed E-state index contributed by atoms with van der Waals surface area (Å²) < 4.78 is 61.0. The number of amides is 1. The molecule has 0 saturated carbocycles. The third-order valence-corrected chi connectivity index (χ3v) is 8.89. The molecule has 2 aliphatic heterocycles. The lowest BCUT2D eigenvalue weighted by molar-refractivity contribution is -0.139. The number of hydrogen-bond acceptors (Lipinski definition) is 10. The molecule has 46 heavy (non-hydrogen) atoms. The molecule has 1 atom stereocenters. The number of ether oxygens (including phenoxy) is 1. The van der Waals surface area contributed by atoms with Crippen molar-refractivity contribution in [2.45, 2.75) is 44.9 Å². The summed E-state index contributed by atoms with van der Waals surface area (Å²) in [7, 11) is 0.968. The fraction of sp³-hybridized carbons (Fsp3) is 0.433. The zero-order valence-electron chi connectivity index (χ0n) is 25.2. The van der Waals surface area contributed by atoms with Crippen molar-refractivity contribution < 1.29 is 37.0 Å². The Kier molecular flexibility index (Phi) is 9.76. The van der Waals surface area contributed by atoms with E-state index < -0.39 is 35.2 Å². The number of aromatic nitrogens is 3. The molecule has 2 saturated heterocycles. The third-order valence-electron chi connectivity index (χ3n) is 7.94. The number of aliphatic carboxylic acids is 1. The second kappa shape index (κ2) is 13.6. The monoisotopic (exact) mass is 663 g/mol. The fourth-order valence-electron chi connectivity index (χ4n) is 5.62. The Morgan fingerprint density at radius 3 is 2.59 bits per heavy atom. The van der Waals surface area contributed by atoms with Gasteiger partial charge in [0.2, 0.25) is 0 Å². The number of methoxy groups -OCH3 is 1. The number of carbonyl (C=O) groups excluding carboxylic acids is 1. The van der Waals surface area contributed by atoms with Crippen molar-refractivity contribution in [3.05, 3.63) is 58.8 Å². The summed E-state index contributed by atoms with van der Waals surface area (Å²) in [5, 5.41) is 11.7. The van der Waals surface area contributed by atoms with E-state index in [1.165, 1.54) is 12.4 Å². The van der Waals surface area contributed by atoms with E-state index in [-0.39, 0.29) is 41.1 Å². The summed E-state index contributed by atoms with van der Waals surface area (Å²) in [5.41, 5.74) is -0.411. The molecule has 246 valence electrons. The molecule has 0 spiro atoms. The molecule has 0 aliphatic carbocycles. The summed E-state index contributed by atoms with van der Waals surface area (Å²) in [5.74, 6) is -3.00. The molecule has 1 aromatic carbocycles. The second-order valence-electron chi connectivity index (χ2n) is 11.1. The number of carboxylic acids is 1. The first-order chi connectivity index (χ1) is 21.8. The van der Waals surface area contributed by atoms with Crippen LogP contribution in [0.1, 0.15) is 47.1 Å². The summed E-state index contributed by atoms with van der Waals surface area (Å²) >= 11 is 1.07. The Labute approximate surface area is 266 Å². The number of rotatable bonds is 10. The number of piperazine rings is 1. The van der Waals surface area contributed by atoms with Crippen molar-refractivity contribution in [3.63, 3.8) is 0 Å². The van der Waals surface area contributed by atoms with Crippen molar-refractivity contribution in [1.82, 2.24) is 24.8 Å². The summed E-state index contributed by atoms with van der Waals surface area (Å²) in [6, 6.07) is 1.77. The number of benzene rings is 1. The Morgan fingerprint density at radius 1 is 1.20 bits per heavy atom. The summed E-state index contributed by atoms with van der Waals surface area (Å²) in [6.45, 7) is 9.39. The number of hydrogen-bond donors (Lipinski definition) is 2. The van der Waals surface area contributed by atoms with E-state index in [1.54, 1.807) is 0 Å². The van der Waals surface area contributed by atoms with E-state index >= 15 is 0 Å². The minimum atomic E-state index is -4.88. The van der Waals surface area contributed by atoms with Crippen LogP contribution in [-0.4, -0.2) is 87.6 Å². The Bertz CT molecular complexity index is 1620. The van der Waals surface area contributed by atoms with E-state index in [4.69, 9.17) is 9.84 Å². The number of nitrogens with one attached hydrogen (secondary N) is 1. The number of anilines is 2. The number of halogens is 4. The van der Waals surface area contributed by atoms with Gasteiger partial charge in [0.15, 0.2) is 16.7 Å². The molecule has 1 amide bonds. The first kappa shape index (κ1) is 33.1. The van der Waals surface area contributed by atoms with Gasteiger partial charge >= 0.3 is 12.1 Å². The van der Waals surface area contributed by atoms with Crippen LogP contribution in [0, 0.1) is 5.82 Å². The van der Waals surface area contributed by atoms with Gasteiger partial charge in [-0.15, -0.1) is 0 Å². The highest BCUT2D eigenvalue weighted by atomic mass is 32.1. The highest BCUT2D eigenvalue weighted by Crippen LogP contribution is 2.42. The van der Waals surface area contributed by atoms with Gasteiger partial charge in [0.05, 0.1) is 43.0 Å². The normalized spacial score (nSPS) is 17.4. The smallest absolute Gasteiger partial charge is 0.420 e. The Balaban J connectivity index is 1.36. The van der Waals surface area contributed by atoms with Gasteiger partial charge in [-0.3, -0.25) is 19.8 Å². The SMILES string of the molecule is C=C1CCCN1Cc1sc(NC(=O)c2cnc(N3CCN(CCC(=O)O)C[C@@H]3C)cn2)nc1-c1cc(F)c(OC)c(C(F)(F)F)c1. The quantitative estimate of drug-likeness (QED) is 0.283. The predicted octanol–water partition coefficient (Wildman–Crippen LogP) is 5.11. The number of nitrogens with zero attached hydrogens (tertiary/aromatic N) is 6. The van der Waals surface area contributed by atoms with Crippen LogP contribution >= 0.6 is 11.3 Å². The van der Waals surface area contributed by atoms with Crippen molar-refractivity contribution in [1.29, 1.82) is 0 Å². The van der Waals surface area contributed by atoms with Crippen LogP contribution in [-0.2, 0) is 17.5 Å². The molecule has 2 aromatic heterocycles. The predicted molar refractivity (Wildman–Crippen MR) is 163 cm³/mol. The maximum Gasteiger partial charge on any atom is 0.420 e. The van der Waals surface area contributed by atoms with Gasteiger partial charge in [-0.1, -0.05) is 17.9 Å². The first-order valence-corrected chi connectivity index (χ1v) is 15.4. The van der Waals surface area contributed by atoms with Crippen LogP contribution in [0.4, 0.5) is 28.5 Å². The van der Waals surface area contributed by atoms with Crippen molar-refractivity contribution >= 4 is 34.2 Å². The van der Waals surface area contributed by atoms with Gasteiger partial charge in [-0.2, -0.15) is 13.2 Å². The van der Waals surface area contributed by atoms with Crippen LogP contribution < -0.4 is 15.0 Å². The molecule has 11 nitrogen and oxygen atoms in total. The molecular formula is C30H33F4N7O4S. The molecule has 0 radical (unpaired) electrons. The number of thiazole rings is 1. The number of carboxylic acid groups (broad SMARTS) is 1. The molecule has 5 rings (SSSR count). The van der Waals surface area contributed by atoms with Crippen LogP contribution in [0.2, 0.25) is 0 Å². The van der Waals surface area contributed by atoms with Crippen molar-refractivity contribution in [3.8, 4) is 17.0 Å². The Hall–Kier alpha value is -4.31. The second-order valence-corrected chi connectivity index (χ2v) is 12.2. The lowest BCUT2D eigenvalue weighted by Crippen LogP contribution is -2.52. The van der Waals surface area contributed by atoms with Gasteiger partial charge in [-0.05, 0) is 31.9 Å². The number of allylic oxidation sites excluding steroid dienone is 1. The van der Waals surface area contributed by atoms with Crippen LogP contribution in [0.5, 0.6) is 5.75 Å². The lowest BCUT2D eigenvalue weighted by atomic mass is 10.0. The first-order valence-electron chi connectivity index (χ1n) is 14.6. The average Bonchev–Trinajstić information content (AvgIpc) is 3.60. The van der Waals surface area contributed by atoms with Crippen molar-refractivity contribution in [2.24, 2.45) is 0 Å². The zero-order valence-corrected chi connectivity index (χ0v) is 26.0. The molecule has 2 fully saturated rings. The molecule has 3 aromatic rings. The molecular weight excluding hydrogens is 630 g/mol. The topological polar surface area (TPSA) is 124 Å². The molecule has 4 heterocycles. The third kappa shape index (κ3) is 7.39. The maximum atomic E-state index is 14.9. The largest absolute Gasteiger partial charge is 0.493 e. The number of likely N-dealkylation sites (tertiary alicyclic amines) is 1. The van der Waals surface area contributed by atoms with Gasteiger partial charge < -0.3 is 19.6 Å². The summed E-state index contributed by atoms with van der Waals surface area (Å²) in [6.07, 6.45) is -0.353. The molecule has 16 heteroatoms. The highest BCUT2D eigenvalue weighted by molar-refractivity contribution is 7.16. The van der Waals surface area contributed by atoms with Crippen LogP contribution in [0.3, 0.4) is 0 Å².